The number of hydrogen-bond acceptors (Lipinski definition) is 2. The summed E-state index contributed by atoms with van der Waals surface area (Å²) < 4.78 is 6.59. The monoisotopic (exact) mass is 351 g/mol. The highest BCUT2D eigenvalue weighted by Crippen LogP contribution is 2.23. The molecule has 1 rings (SSSR count). The second kappa shape index (κ2) is 8.81. The van der Waals surface area contributed by atoms with E-state index < -0.39 is 0 Å². The van der Waals surface area contributed by atoms with Gasteiger partial charge in [0.05, 0.1) is 5.03 Å². The maximum atomic E-state index is 5.77. The van der Waals surface area contributed by atoms with Crippen LogP contribution in [-0.2, 0) is 6.54 Å². The molecule has 1 aromatic carbocycles. The Labute approximate surface area is 126 Å². The summed E-state index contributed by atoms with van der Waals surface area (Å²) in [7, 11) is 0. The summed E-state index contributed by atoms with van der Waals surface area (Å²) in [5.74, 6) is 0.781. The molecular formula is C13H16BrCl2NO. The van der Waals surface area contributed by atoms with Crippen LogP contribution in [-0.4, -0.2) is 13.2 Å². The lowest BCUT2D eigenvalue weighted by atomic mass is 10.2. The Morgan fingerprint density at radius 1 is 1.50 bits per heavy atom. The topological polar surface area (TPSA) is 21.3 Å². The second-order valence-electron chi connectivity index (χ2n) is 3.77. The zero-order chi connectivity index (χ0) is 13.4. The first-order chi connectivity index (χ1) is 8.67. The molecule has 0 saturated carbocycles. The van der Waals surface area contributed by atoms with Crippen molar-refractivity contribution in [2.45, 2.75) is 19.9 Å². The summed E-state index contributed by atoms with van der Waals surface area (Å²) in [5.41, 5.74) is 2.47. The van der Waals surface area contributed by atoms with Crippen LogP contribution >= 0.6 is 39.1 Å². The van der Waals surface area contributed by atoms with Crippen molar-refractivity contribution in [3.05, 3.63) is 38.8 Å². The number of nitrogens with one attached hydrogen (secondary N) is 1. The molecule has 0 saturated heterocycles. The van der Waals surface area contributed by atoms with E-state index in [0.29, 0.717) is 5.03 Å². The standard InChI is InChI=1S/C13H16BrCl2NO/c1-2-5-17-8-10-6-12(3-4-13(10)14)18-9-11(16)7-15/h3-4,6-7,17H,2,5,8-9H2,1H3/b11-7-. The molecule has 1 N–H and O–H groups in total. The molecule has 100 valence electrons. The zero-order valence-electron chi connectivity index (χ0n) is 10.2. The molecule has 0 bridgehead atoms. The fourth-order valence-electron chi connectivity index (χ4n) is 1.36. The molecule has 0 radical (unpaired) electrons. The van der Waals surface area contributed by atoms with Gasteiger partial charge in [0.1, 0.15) is 12.4 Å². The van der Waals surface area contributed by atoms with Gasteiger partial charge in [-0.2, -0.15) is 0 Å². The lowest BCUT2D eigenvalue weighted by molar-refractivity contribution is 0.359. The average Bonchev–Trinajstić information content (AvgIpc) is 2.39. The van der Waals surface area contributed by atoms with Crippen LogP contribution in [0.5, 0.6) is 5.75 Å². The van der Waals surface area contributed by atoms with Crippen LogP contribution in [0.3, 0.4) is 0 Å². The number of ether oxygens (including phenoxy) is 1. The molecule has 0 aliphatic rings. The molecule has 18 heavy (non-hydrogen) atoms. The smallest absolute Gasteiger partial charge is 0.125 e. The number of halogens is 3. The minimum absolute atomic E-state index is 0.286. The van der Waals surface area contributed by atoms with E-state index in [-0.39, 0.29) is 6.61 Å². The number of rotatable bonds is 7. The van der Waals surface area contributed by atoms with Crippen LogP contribution in [0.1, 0.15) is 18.9 Å². The summed E-state index contributed by atoms with van der Waals surface area (Å²) in [6, 6.07) is 5.85. The molecule has 0 aromatic heterocycles. The summed E-state index contributed by atoms with van der Waals surface area (Å²) in [6.45, 7) is 4.24. The van der Waals surface area contributed by atoms with E-state index in [1.807, 2.05) is 18.2 Å². The van der Waals surface area contributed by atoms with Gasteiger partial charge in [-0.05, 0) is 36.7 Å². The van der Waals surface area contributed by atoms with Gasteiger partial charge >= 0.3 is 0 Å². The number of hydrogen-bond donors (Lipinski definition) is 1. The van der Waals surface area contributed by atoms with Crippen LogP contribution in [0.15, 0.2) is 33.2 Å². The van der Waals surface area contributed by atoms with Crippen molar-refractivity contribution in [2.75, 3.05) is 13.2 Å². The summed E-state index contributed by atoms with van der Waals surface area (Å²) in [6.07, 6.45) is 1.12. The van der Waals surface area contributed by atoms with Crippen molar-refractivity contribution < 1.29 is 4.74 Å². The lowest BCUT2D eigenvalue weighted by Crippen LogP contribution is -2.14. The largest absolute Gasteiger partial charge is 0.488 e. The molecule has 2 nitrogen and oxygen atoms in total. The van der Waals surface area contributed by atoms with Crippen molar-refractivity contribution in [3.63, 3.8) is 0 Å². The van der Waals surface area contributed by atoms with Gasteiger partial charge < -0.3 is 10.1 Å². The first-order valence-electron chi connectivity index (χ1n) is 5.74. The average molecular weight is 353 g/mol. The fourth-order valence-corrected chi connectivity index (χ4v) is 1.86. The maximum absolute atomic E-state index is 5.77. The molecule has 0 unspecified atom stereocenters. The minimum atomic E-state index is 0.286. The van der Waals surface area contributed by atoms with E-state index >= 15 is 0 Å². The maximum Gasteiger partial charge on any atom is 0.125 e. The Morgan fingerprint density at radius 2 is 2.28 bits per heavy atom. The van der Waals surface area contributed by atoms with E-state index in [1.165, 1.54) is 5.54 Å². The quantitative estimate of drug-likeness (QED) is 0.721. The normalized spacial score (nSPS) is 11.7. The van der Waals surface area contributed by atoms with E-state index in [2.05, 4.69) is 28.2 Å². The van der Waals surface area contributed by atoms with Gasteiger partial charge in [-0.25, -0.2) is 0 Å². The molecule has 0 fully saturated rings. The van der Waals surface area contributed by atoms with E-state index in [1.54, 1.807) is 0 Å². The van der Waals surface area contributed by atoms with Crippen LogP contribution < -0.4 is 10.1 Å². The zero-order valence-corrected chi connectivity index (χ0v) is 13.3. The molecule has 0 amide bonds. The fraction of sp³-hybridized carbons (Fsp3) is 0.385. The van der Waals surface area contributed by atoms with Gasteiger partial charge in [-0.3, -0.25) is 0 Å². The Hall–Kier alpha value is -0.220. The third-order valence-electron chi connectivity index (χ3n) is 2.25. The molecule has 0 aliphatic heterocycles. The highest BCUT2D eigenvalue weighted by atomic mass is 79.9. The highest BCUT2D eigenvalue weighted by molar-refractivity contribution is 9.10. The predicted molar refractivity (Wildman–Crippen MR) is 81.4 cm³/mol. The second-order valence-corrected chi connectivity index (χ2v) is 5.33. The molecule has 0 heterocycles. The Kier molecular flexibility index (Phi) is 7.75. The predicted octanol–water partition coefficient (Wildman–Crippen LogP) is 4.65. The van der Waals surface area contributed by atoms with Crippen LogP contribution in [0, 0.1) is 0 Å². The van der Waals surface area contributed by atoms with Gasteiger partial charge in [0.15, 0.2) is 0 Å². The van der Waals surface area contributed by atoms with Crippen molar-refractivity contribution in [1.82, 2.24) is 5.32 Å². The third kappa shape index (κ3) is 5.61. The summed E-state index contributed by atoms with van der Waals surface area (Å²) in [4.78, 5) is 0. The van der Waals surface area contributed by atoms with Crippen LogP contribution in [0.2, 0.25) is 0 Å². The van der Waals surface area contributed by atoms with E-state index in [9.17, 15) is 0 Å². The Balaban J connectivity index is 2.62. The summed E-state index contributed by atoms with van der Waals surface area (Å²) >= 11 is 14.8. The minimum Gasteiger partial charge on any atom is -0.488 e. The highest BCUT2D eigenvalue weighted by Gasteiger charge is 2.03. The molecule has 5 heteroatoms. The van der Waals surface area contributed by atoms with Crippen LogP contribution in [0.25, 0.3) is 0 Å². The first kappa shape index (κ1) is 15.8. The van der Waals surface area contributed by atoms with E-state index in [0.717, 1.165) is 35.3 Å². The van der Waals surface area contributed by atoms with Gasteiger partial charge in [0, 0.05) is 16.6 Å². The van der Waals surface area contributed by atoms with Gasteiger partial charge in [-0.15, -0.1) is 0 Å². The summed E-state index contributed by atoms with van der Waals surface area (Å²) in [5, 5.41) is 3.83. The van der Waals surface area contributed by atoms with Crippen LogP contribution in [0.4, 0.5) is 0 Å². The van der Waals surface area contributed by atoms with Crippen molar-refractivity contribution in [1.29, 1.82) is 0 Å². The Bertz CT molecular complexity index is 410. The molecule has 0 spiro atoms. The lowest BCUT2D eigenvalue weighted by Gasteiger charge is -2.10. The third-order valence-corrected chi connectivity index (χ3v) is 3.62. The van der Waals surface area contributed by atoms with Crippen molar-refractivity contribution >= 4 is 39.1 Å². The van der Waals surface area contributed by atoms with Gasteiger partial charge in [-0.1, -0.05) is 46.1 Å². The SMILES string of the molecule is CCCNCc1cc(OC/C(Cl)=C/Cl)ccc1Br. The molecule has 0 aliphatic carbocycles. The molecular weight excluding hydrogens is 337 g/mol. The van der Waals surface area contributed by atoms with Gasteiger partial charge in [0.2, 0.25) is 0 Å². The molecule has 1 aromatic rings. The number of benzene rings is 1. The first-order valence-corrected chi connectivity index (χ1v) is 7.34. The Morgan fingerprint density at radius 3 is 2.94 bits per heavy atom. The molecule has 0 atom stereocenters. The van der Waals surface area contributed by atoms with Crippen molar-refractivity contribution in [2.24, 2.45) is 0 Å². The van der Waals surface area contributed by atoms with E-state index in [4.69, 9.17) is 27.9 Å². The van der Waals surface area contributed by atoms with Gasteiger partial charge in [0.25, 0.3) is 0 Å². The van der Waals surface area contributed by atoms with Crippen molar-refractivity contribution in [3.8, 4) is 5.75 Å².